The smallest absolute Gasteiger partial charge is 0.300 e. The number of benzene rings is 1. The molecule has 3 rings (SSSR count). The summed E-state index contributed by atoms with van der Waals surface area (Å²) >= 11 is 1.48. The Labute approximate surface area is 150 Å². The number of rotatable bonds is 3. The second-order valence-corrected chi connectivity index (χ2v) is 7.27. The standard InChI is InChI=1S/C19H20N4OS/c1-6-8-22-16-11-13(4)10-14(5)17(16)25-19(22)20-18(24)15-7-9-23(21-15)12(2)3/h1,7,9-12H,8H2,2-5H3. The van der Waals surface area contributed by atoms with Gasteiger partial charge in [-0.2, -0.15) is 10.1 Å². The van der Waals surface area contributed by atoms with Gasteiger partial charge in [0.05, 0.1) is 16.8 Å². The summed E-state index contributed by atoms with van der Waals surface area (Å²) in [6, 6.07) is 6.09. The van der Waals surface area contributed by atoms with Gasteiger partial charge in [0.15, 0.2) is 10.5 Å². The van der Waals surface area contributed by atoms with Crippen molar-refractivity contribution >= 4 is 27.5 Å². The van der Waals surface area contributed by atoms with Gasteiger partial charge in [0.1, 0.15) is 0 Å². The number of hydrogen-bond acceptors (Lipinski definition) is 3. The van der Waals surface area contributed by atoms with Gasteiger partial charge in [-0.25, -0.2) is 0 Å². The number of nitrogens with zero attached hydrogens (tertiary/aromatic N) is 4. The number of carbonyl (C=O) groups excluding carboxylic acids is 1. The van der Waals surface area contributed by atoms with Crippen LogP contribution in [0.1, 0.15) is 41.5 Å². The highest BCUT2D eigenvalue weighted by Gasteiger charge is 2.13. The second-order valence-electron chi connectivity index (χ2n) is 6.30. The van der Waals surface area contributed by atoms with E-state index in [0.29, 0.717) is 17.0 Å². The van der Waals surface area contributed by atoms with Crippen molar-refractivity contribution in [3.8, 4) is 12.3 Å². The lowest BCUT2D eigenvalue weighted by molar-refractivity contribution is 0.0992. The fourth-order valence-corrected chi connectivity index (χ4v) is 3.80. The maximum atomic E-state index is 12.5. The lowest BCUT2D eigenvalue weighted by atomic mass is 10.1. The van der Waals surface area contributed by atoms with Crippen molar-refractivity contribution in [1.29, 1.82) is 0 Å². The highest BCUT2D eigenvalue weighted by atomic mass is 32.1. The molecule has 2 heterocycles. The molecule has 3 aromatic rings. The van der Waals surface area contributed by atoms with Gasteiger partial charge in [-0.1, -0.05) is 23.3 Å². The second kappa shape index (κ2) is 6.69. The molecule has 0 unspecified atom stereocenters. The fraction of sp³-hybridized carbons (Fsp3) is 0.316. The van der Waals surface area contributed by atoms with E-state index in [1.165, 1.54) is 11.3 Å². The van der Waals surface area contributed by atoms with Crippen LogP contribution in [0.2, 0.25) is 0 Å². The molecule has 0 bridgehead atoms. The number of aryl methyl sites for hydroxylation is 2. The van der Waals surface area contributed by atoms with Gasteiger partial charge in [0, 0.05) is 12.2 Å². The summed E-state index contributed by atoms with van der Waals surface area (Å²) < 4.78 is 4.76. The van der Waals surface area contributed by atoms with E-state index < -0.39 is 0 Å². The van der Waals surface area contributed by atoms with E-state index in [9.17, 15) is 4.79 Å². The third kappa shape index (κ3) is 3.28. The number of terminal acetylenes is 1. The summed E-state index contributed by atoms with van der Waals surface area (Å²) in [6.45, 7) is 8.50. The summed E-state index contributed by atoms with van der Waals surface area (Å²) in [5.41, 5.74) is 3.66. The zero-order valence-corrected chi connectivity index (χ0v) is 15.6. The van der Waals surface area contributed by atoms with E-state index in [2.05, 4.69) is 35.1 Å². The van der Waals surface area contributed by atoms with Crippen molar-refractivity contribution in [2.45, 2.75) is 40.3 Å². The molecular weight excluding hydrogens is 332 g/mol. The van der Waals surface area contributed by atoms with Crippen LogP contribution in [0, 0.1) is 26.2 Å². The summed E-state index contributed by atoms with van der Waals surface area (Å²) in [5, 5.41) is 4.30. The third-order valence-corrected chi connectivity index (χ3v) is 5.15. The average Bonchev–Trinajstić information content (AvgIpc) is 3.15. The van der Waals surface area contributed by atoms with Crippen molar-refractivity contribution in [2.24, 2.45) is 4.99 Å². The van der Waals surface area contributed by atoms with Crippen molar-refractivity contribution in [1.82, 2.24) is 14.3 Å². The van der Waals surface area contributed by atoms with E-state index >= 15 is 0 Å². The number of aromatic nitrogens is 3. The fourth-order valence-electron chi connectivity index (χ4n) is 2.73. The molecule has 1 aromatic carbocycles. The molecule has 6 heteroatoms. The zero-order chi connectivity index (χ0) is 18.1. The normalized spacial score (nSPS) is 12.1. The van der Waals surface area contributed by atoms with Crippen LogP contribution in [0.25, 0.3) is 10.2 Å². The maximum absolute atomic E-state index is 12.5. The first kappa shape index (κ1) is 17.2. The first-order valence-corrected chi connectivity index (χ1v) is 8.90. The Morgan fingerprint density at radius 3 is 2.80 bits per heavy atom. The SMILES string of the molecule is C#CCn1c(=NC(=O)c2ccn(C(C)C)n2)sc2c(C)cc(C)cc21. The van der Waals surface area contributed by atoms with Crippen LogP contribution in [0.15, 0.2) is 29.4 Å². The Bertz CT molecular complexity index is 1060. The summed E-state index contributed by atoms with van der Waals surface area (Å²) in [7, 11) is 0. The van der Waals surface area contributed by atoms with E-state index in [1.54, 1.807) is 16.9 Å². The molecule has 0 radical (unpaired) electrons. The molecule has 5 nitrogen and oxygen atoms in total. The molecule has 0 fully saturated rings. The molecule has 0 N–H and O–H groups in total. The molecule has 128 valence electrons. The van der Waals surface area contributed by atoms with Gasteiger partial charge >= 0.3 is 0 Å². The molecule has 0 aliphatic carbocycles. The van der Waals surface area contributed by atoms with Crippen LogP contribution in [0.4, 0.5) is 0 Å². The highest BCUT2D eigenvalue weighted by molar-refractivity contribution is 7.16. The molecular formula is C19H20N4OS. The predicted molar refractivity (Wildman–Crippen MR) is 101 cm³/mol. The van der Waals surface area contributed by atoms with Crippen molar-refractivity contribution in [3.63, 3.8) is 0 Å². The van der Waals surface area contributed by atoms with E-state index in [4.69, 9.17) is 6.42 Å². The molecule has 0 atom stereocenters. The third-order valence-electron chi connectivity index (χ3n) is 3.92. The minimum Gasteiger partial charge on any atom is -0.305 e. The Kier molecular flexibility index (Phi) is 4.60. The number of fused-ring (bicyclic) bond motifs is 1. The Morgan fingerprint density at radius 2 is 2.16 bits per heavy atom. The number of thiazole rings is 1. The number of hydrogen-bond donors (Lipinski definition) is 0. The molecule has 1 amide bonds. The molecule has 0 saturated heterocycles. The van der Waals surface area contributed by atoms with Crippen molar-refractivity contribution < 1.29 is 4.79 Å². The average molecular weight is 352 g/mol. The Hall–Kier alpha value is -2.65. The van der Waals surface area contributed by atoms with Gasteiger partial charge in [-0.15, -0.1) is 6.42 Å². The molecule has 0 aliphatic rings. The zero-order valence-electron chi connectivity index (χ0n) is 14.8. The van der Waals surface area contributed by atoms with E-state index in [0.717, 1.165) is 21.3 Å². The van der Waals surface area contributed by atoms with Gasteiger partial charge in [0.25, 0.3) is 5.91 Å². The van der Waals surface area contributed by atoms with Gasteiger partial charge in [-0.05, 0) is 51.0 Å². The largest absolute Gasteiger partial charge is 0.305 e. The summed E-state index contributed by atoms with van der Waals surface area (Å²) in [5.74, 6) is 2.30. The van der Waals surface area contributed by atoms with Crippen LogP contribution in [0.5, 0.6) is 0 Å². The molecule has 2 aromatic heterocycles. The molecule has 0 aliphatic heterocycles. The van der Waals surface area contributed by atoms with Crippen LogP contribution < -0.4 is 4.80 Å². The molecule has 0 saturated carbocycles. The van der Waals surface area contributed by atoms with E-state index in [-0.39, 0.29) is 11.9 Å². The van der Waals surface area contributed by atoms with Crippen LogP contribution >= 0.6 is 11.3 Å². The van der Waals surface area contributed by atoms with Gasteiger partial charge in [0.2, 0.25) is 0 Å². The Balaban J connectivity index is 2.14. The van der Waals surface area contributed by atoms with Crippen molar-refractivity contribution in [3.05, 3.63) is 46.0 Å². The van der Waals surface area contributed by atoms with Crippen LogP contribution in [-0.2, 0) is 6.54 Å². The summed E-state index contributed by atoms with van der Waals surface area (Å²) in [6.07, 6.45) is 7.32. The topological polar surface area (TPSA) is 52.2 Å². The van der Waals surface area contributed by atoms with Gasteiger partial charge < -0.3 is 4.57 Å². The highest BCUT2D eigenvalue weighted by Crippen LogP contribution is 2.23. The summed E-state index contributed by atoms with van der Waals surface area (Å²) in [4.78, 5) is 17.4. The first-order valence-electron chi connectivity index (χ1n) is 8.09. The van der Waals surface area contributed by atoms with Gasteiger partial charge in [-0.3, -0.25) is 9.48 Å². The predicted octanol–water partition coefficient (Wildman–Crippen LogP) is 3.47. The molecule has 25 heavy (non-hydrogen) atoms. The maximum Gasteiger partial charge on any atom is 0.300 e. The quantitative estimate of drug-likeness (QED) is 0.678. The minimum atomic E-state index is -0.355. The number of carbonyl (C=O) groups is 1. The lowest BCUT2D eigenvalue weighted by Crippen LogP contribution is -2.17. The van der Waals surface area contributed by atoms with Crippen LogP contribution in [-0.4, -0.2) is 20.3 Å². The monoisotopic (exact) mass is 352 g/mol. The lowest BCUT2D eigenvalue weighted by Gasteiger charge is -2.03. The van der Waals surface area contributed by atoms with Crippen molar-refractivity contribution in [2.75, 3.05) is 0 Å². The Morgan fingerprint density at radius 1 is 1.40 bits per heavy atom. The van der Waals surface area contributed by atoms with Crippen LogP contribution in [0.3, 0.4) is 0 Å². The molecule has 0 spiro atoms. The number of amides is 1. The minimum absolute atomic E-state index is 0.197. The first-order chi connectivity index (χ1) is 11.9. The van der Waals surface area contributed by atoms with E-state index in [1.807, 2.05) is 25.3 Å².